The minimum atomic E-state index is -0.144. The highest BCUT2D eigenvalue weighted by molar-refractivity contribution is 6.02. The molecule has 25 heavy (non-hydrogen) atoms. The molecule has 0 fully saturated rings. The molecule has 134 valence electrons. The van der Waals surface area contributed by atoms with Gasteiger partial charge >= 0.3 is 0 Å². The van der Waals surface area contributed by atoms with Crippen molar-refractivity contribution in [3.63, 3.8) is 0 Å². The van der Waals surface area contributed by atoms with Crippen LogP contribution in [0.3, 0.4) is 0 Å². The van der Waals surface area contributed by atoms with Crippen LogP contribution in [0.1, 0.15) is 85.9 Å². The molecule has 0 aromatic heterocycles. The lowest BCUT2D eigenvalue weighted by Gasteiger charge is -2.09. The van der Waals surface area contributed by atoms with Gasteiger partial charge in [-0.1, -0.05) is 25.7 Å². The van der Waals surface area contributed by atoms with Crippen molar-refractivity contribution in [2.45, 2.75) is 65.2 Å². The second-order valence-electron chi connectivity index (χ2n) is 6.24. The summed E-state index contributed by atoms with van der Waals surface area (Å²) in [5, 5.41) is 11.2. The molecule has 0 radical (unpaired) electrons. The smallest absolute Gasteiger partial charge is 0.224 e. The highest BCUT2D eigenvalue weighted by Crippen LogP contribution is 2.17. The first kappa shape index (κ1) is 20.6. The first-order valence-corrected chi connectivity index (χ1v) is 8.78. The minimum absolute atomic E-state index is 0.111. The van der Waals surface area contributed by atoms with Gasteiger partial charge in [0.15, 0.2) is 11.6 Å². The maximum atomic E-state index is 12.0. The van der Waals surface area contributed by atoms with E-state index in [4.69, 9.17) is 5.26 Å². The third-order valence-corrected chi connectivity index (χ3v) is 3.97. The van der Waals surface area contributed by atoms with Crippen molar-refractivity contribution >= 4 is 23.2 Å². The third kappa shape index (κ3) is 8.25. The summed E-state index contributed by atoms with van der Waals surface area (Å²) < 4.78 is 0. The molecule has 0 saturated carbocycles. The number of rotatable bonds is 11. The number of amides is 1. The van der Waals surface area contributed by atoms with Crippen molar-refractivity contribution in [2.24, 2.45) is 0 Å². The summed E-state index contributed by atoms with van der Waals surface area (Å²) in [6.07, 6.45) is 6.97. The number of benzene rings is 1. The van der Waals surface area contributed by atoms with Crippen molar-refractivity contribution in [1.82, 2.24) is 0 Å². The molecule has 0 aliphatic carbocycles. The number of anilines is 1. The van der Waals surface area contributed by atoms with Crippen LogP contribution in [0.4, 0.5) is 5.69 Å². The van der Waals surface area contributed by atoms with Gasteiger partial charge in [0, 0.05) is 29.7 Å². The summed E-state index contributed by atoms with van der Waals surface area (Å²) in [4.78, 5) is 35.1. The van der Waals surface area contributed by atoms with Gasteiger partial charge in [0.2, 0.25) is 5.91 Å². The maximum Gasteiger partial charge on any atom is 0.224 e. The van der Waals surface area contributed by atoms with Crippen LogP contribution in [-0.2, 0) is 4.79 Å². The molecule has 5 nitrogen and oxygen atoms in total. The first-order valence-electron chi connectivity index (χ1n) is 8.78. The van der Waals surface area contributed by atoms with E-state index >= 15 is 0 Å². The van der Waals surface area contributed by atoms with E-state index < -0.39 is 0 Å². The van der Waals surface area contributed by atoms with Crippen LogP contribution in [0.25, 0.3) is 0 Å². The zero-order chi connectivity index (χ0) is 18.7. The molecule has 0 saturated heterocycles. The van der Waals surface area contributed by atoms with Gasteiger partial charge in [-0.05, 0) is 44.9 Å². The lowest BCUT2D eigenvalue weighted by Crippen LogP contribution is -2.12. The maximum absolute atomic E-state index is 12.0. The second kappa shape index (κ2) is 11.1. The molecule has 1 N–H and O–H groups in total. The Labute approximate surface area is 149 Å². The highest BCUT2D eigenvalue weighted by Gasteiger charge is 2.10. The standard InChI is InChI=1S/C20H26N2O3/c1-15(23)17-12-18(16(2)24)14-19(13-17)22-20(25)10-8-6-4-3-5-7-9-11-21/h12-14H,3-10H2,1-2H3,(H,22,25). The fourth-order valence-corrected chi connectivity index (χ4v) is 2.53. The molecule has 0 spiro atoms. The minimum Gasteiger partial charge on any atom is -0.326 e. The van der Waals surface area contributed by atoms with Gasteiger partial charge < -0.3 is 5.32 Å². The highest BCUT2D eigenvalue weighted by atomic mass is 16.1. The number of Topliss-reactive ketones (excluding diaryl/α,β-unsaturated/α-hetero) is 2. The lowest BCUT2D eigenvalue weighted by atomic mass is 10.0. The van der Waals surface area contributed by atoms with Crippen LogP contribution in [0.2, 0.25) is 0 Å². The Kier molecular flexibility index (Phi) is 9.16. The Hall–Kier alpha value is -2.48. The molecule has 1 rings (SSSR count). The topological polar surface area (TPSA) is 87.0 Å². The summed E-state index contributed by atoms with van der Waals surface area (Å²) in [5.74, 6) is -0.398. The number of carbonyl (C=O) groups excluding carboxylic acids is 3. The van der Waals surface area contributed by atoms with Gasteiger partial charge in [-0.3, -0.25) is 14.4 Å². The fourth-order valence-electron chi connectivity index (χ4n) is 2.53. The van der Waals surface area contributed by atoms with Crippen molar-refractivity contribution < 1.29 is 14.4 Å². The molecule has 0 aliphatic heterocycles. The van der Waals surface area contributed by atoms with Gasteiger partial charge in [0.1, 0.15) is 0 Å². The normalized spacial score (nSPS) is 10.1. The molecular formula is C20H26N2O3. The number of carbonyl (C=O) groups is 3. The van der Waals surface area contributed by atoms with E-state index in [1.807, 2.05) is 0 Å². The Balaban J connectivity index is 2.42. The second-order valence-corrected chi connectivity index (χ2v) is 6.24. The number of nitrogens with zero attached hydrogens (tertiary/aromatic N) is 1. The number of hydrogen-bond acceptors (Lipinski definition) is 4. The van der Waals surface area contributed by atoms with Gasteiger partial charge in [-0.25, -0.2) is 0 Å². The van der Waals surface area contributed by atoms with E-state index in [2.05, 4.69) is 11.4 Å². The summed E-state index contributed by atoms with van der Waals surface area (Å²) in [5.41, 5.74) is 1.32. The van der Waals surface area contributed by atoms with Crippen LogP contribution in [0.5, 0.6) is 0 Å². The monoisotopic (exact) mass is 342 g/mol. The first-order chi connectivity index (χ1) is 11.9. The van der Waals surface area contributed by atoms with Gasteiger partial charge in [0.25, 0.3) is 0 Å². The van der Waals surface area contributed by atoms with E-state index in [-0.39, 0.29) is 17.5 Å². The zero-order valence-electron chi connectivity index (χ0n) is 15.1. The molecule has 0 unspecified atom stereocenters. The molecule has 1 aromatic rings. The fraction of sp³-hybridized carbons (Fsp3) is 0.500. The molecule has 1 amide bonds. The van der Waals surface area contributed by atoms with Crippen LogP contribution in [0, 0.1) is 11.3 Å². The van der Waals surface area contributed by atoms with Gasteiger partial charge in [-0.2, -0.15) is 5.26 Å². The molecule has 0 aliphatic rings. The largest absolute Gasteiger partial charge is 0.326 e. The van der Waals surface area contributed by atoms with Crippen molar-refractivity contribution in [3.8, 4) is 6.07 Å². The van der Waals surface area contributed by atoms with Crippen molar-refractivity contribution in [2.75, 3.05) is 5.32 Å². The van der Waals surface area contributed by atoms with E-state index in [0.29, 0.717) is 29.7 Å². The van der Waals surface area contributed by atoms with Gasteiger partial charge in [-0.15, -0.1) is 0 Å². The number of hydrogen-bond donors (Lipinski definition) is 1. The lowest BCUT2D eigenvalue weighted by molar-refractivity contribution is -0.116. The number of unbranched alkanes of at least 4 members (excludes halogenated alkanes) is 6. The van der Waals surface area contributed by atoms with E-state index in [1.165, 1.54) is 13.8 Å². The summed E-state index contributed by atoms with van der Waals surface area (Å²) in [7, 11) is 0. The molecule has 0 atom stereocenters. The van der Waals surface area contributed by atoms with Crippen LogP contribution in [-0.4, -0.2) is 17.5 Å². The van der Waals surface area contributed by atoms with E-state index in [0.717, 1.165) is 38.5 Å². The molecule has 5 heteroatoms. The van der Waals surface area contributed by atoms with Crippen LogP contribution < -0.4 is 5.32 Å². The van der Waals surface area contributed by atoms with Gasteiger partial charge in [0.05, 0.1) is 6.07 Å². The predicted octanol–water partition coefficient (Wildman–Crippen LogP) is 4.67. The van der Waals surface area contributed by atoms with E-state index in [1.54, 1.807) is 18.2 Å². The predicted molar refractivity (Wildman–Crippen MR) is 97.6 cm³/mol. The Morgan fingerprint density at radius 3 is 1.92 bits per heavy atom. The third-order valence-electron chi connectivity index (χ3n) is 3.97. The van der Waals surface area contributed by atoms with Crippen molar-refractivity contribution in [3.05, 3.63) is 29.3 Å². The quantitative estimate of drug-likeness (QED) is 0.467. The molecular weight excluding hydrogens is 316 g/mol. The SMILES string of the molecule is CC(=O)c1cc(NC(=O)CCCCCCCCC#N)cc(C(C)=O)c1. The van der Waals surface area contributed by atoms with Crippen molar-refractivity contribution in [1.29, 1.82) is 5.26 Å². The molecule has 1 aromatic carbocycles. The average Bonchev–Trinajstić information content (AvgIpc) is 2.56. The zero-order valence-corrected chi connectivity index (χ0v) is 15.1. The Morgan fingerprint density at radius 1 is 0.880 bits per heavy atom. The Bertz CT molecular complexity index is 627. The van der Waals surface area contributed by atoms with Crippen LogP contribution >= 0.6 is 0 Å². The summed E-state index contributed by atoms with van der Waals surface area (Å²) in [6, 6.07) is 6.88. The number of nitriles is 1. The molecule has 0 heterocycles. The summed E-state index contributed by atoms with van der Waals surface area (Å²) in [6.45, 7) is 2.86. The molecule has 0 bridgehead atoms. The van der Waals surface area contributed by atoms with E-state index in [9.17, 15) is 14.4 Å². The Morgan fingerprint density at radius 2 is 1.40 bits per heavy atom. The summed E-state index contributed by atoms with van der Waals surface area (Å²) >= 11 is 0. The number of ketones is 2. The average molecular weight is 342 g/mol. The number of nitrogens with one attached hydrogen (secondary N) is 1. The van der Waals surface area contributed by atoms with Crippen LogP contribution in [0.15, 0.2) is 18.2 Å².